The SMILES string of the molecule is CCn1nnc2cc(C(=O)NC3c4ccccc4CC3O)ccc21. The molecule has 0 spiro atoms. The largest absolute Gasteiger partial charge is 0.390 e. The molecule has 1 heterocycles. The standard InChI is InChI=1S/C18H18N4O2/c1-2-22-15-8-7-12(9-14(15)20-21-22)18(24)19-17-13-6-4-3-5-11(13)10-16(17)23/h3-9,16-17,23H,2,10H2,1H3,(H,19,24). The lowest BCUT2D eigenvalue weighted by Gasteiger charge is -2.18. The lowest BCUT2D eigenvalue weighted by Crippen LogP contribution is -2.33. The fraction of sp³-hybridized carbons (Fsp3) is 0.278. The zero-order valence-corrected chi connectivity index (χ0v) is 13.3. The third-order valence-electron chi connectivity index (χ3n) is 4.57. The number of fused-ring (bicyclic) bond motifs is 2. The number of hydrogen-bond donors (Lipinski definition) is 2. The molecule has 0 radical (unpaired) electrons. The first-order valence-electron chi connectivity index (χ1n) is 8.07. The highest BCUT2D eigenvalue weighted by molar-refractivity contribution is 5.97. The Morgan fingerprint density at radius 1 is 1.33 bits per heavy atom. The smallest absolute Gasteiger partial charge is 0.251 e. The van der Waals surface area contributed by atoms with Gasteiger partial charge < -0.3 is 10.4 Å². The van der Waals surface area contributed by atoms with Gasteiger partial charge in [-0.1, -0.05) is 29.5 Å². The molecule has 122 valence electrons. The summed E-state index contributed by atoms with van der Waals surface area (Å²) in [4.78, 5) is 12.6. The van der Waals surface area contributed by atoms with Gasteiger partial charge in [0.2, 0.25) is 0 Å². The molecule has 1 amide bonds. The molecular weight excluding hydrogens is 304 g/mol. The fourth-order valence-electron chi connectivity index (χ4n) is 3.32. The normalized spacial score (nSPS) is 19.4. The molecular formula is C18H18N4O2. The summed E-state index contributed by atoms with van der Waals surface area (Å²) >= 11 is 0. The first-order valence-corrected chi connectivity index (χ1v) is 8.07. The van der Waals surface area contributed by atoms with Crippen LogP contribution in [0.15, 0.2) is 42.5 Å². The van der Waals surface area contributed by atoms with Crippen LogP contribution in [0.25, 0.3) is 11.0 Å². The van der Waals surface area contributed by atoms with Crippen LogP contribution in [-0.4, -0.2) is 32.1 Å². The van der Waals surface area contributed by atoms with Crippen molar-refractivity contribution in [1.82, 2.24) is 20.3 Å². The first kappa shape index (κ1) is 14.8. The van der Waals surface area contributed by atoms with E-state index in [-0.39, 0.29) is 11.9 Å². The molecule has 0 bridgehead atoms. The summed E-state index contributed by atoms with van der Waals surface area (Å²) in [6.07, 6.45) is -0.0404. The number of carbonyl (C=O) groups is 1. The minimum Gasteiger partial charge on any atom is -0.390 e. The van der Waals surface area contributed by atoms with E-state index >= 15 is 0 Å². The summed E-state index contributed by atoms with van der Waals surface area (Å²) in [7, 11) is 0. The third kappa shape index (κ3) is 2.35. The van der Waals surface area contributed by atoms with Crippen LogP contribution in [0.2, 0.25) is 0 Å². The van der Waals surface area contributed by atoms with Gasteiger partial charge in [0, 0.05) is 18.5 Å². The second kappa shape index (κ2) is 5.72. The van der Waals surface area contributed by atoms with Crippen LogP contribution in [0.3, 0.4) is 0 Å². The zero-order chi connectivity index (χ0) is 16.7. The molecule has 1 aromatic heterocycles. The van der Waals surface area contributed by atoms with Gasteiger partial charge in [0.05, 0.1) is 17.7 Å². The first-order chi connectivity index (χ1) is 11.7. The Kier molecular flexibility index (Phi) is 3.54. The fourth-order valence-corrected chi connectivity index (χ4v) is 3.32. The molecule has 2 unspecified atom stereocenters. The summed E-state index contributed by atoms with van der Waals surface area (Å²) in [5.41, 5.74) is 4.17. The summed E-state index contributed by atoms with van der Waals surface area (Å²) in [5, 5.41) is 21.4. The molecule has 2 aromatic carbocycles. The van der Waals surface area contributed by atoms with Crippen molar-refractivity contribution in [2.45, 2.75) is 32.0 Å². The molecule has 0 aliphatic heterocycles. The molecule has 2 N–H and O–H groups in total. The van der Waals surface area contributed by atoms with Gasteiger partial charge in [-0.3, -0.25) is 4.79 Å². The highest BCUT2D eigenvalue weighted by Crippen LogP contribution is 2.31. The van der Waals surface area contributed by atoms with E-state index in [4.69, 9.17) is 0 Å². The van der Waals surface area contributed by atoms with E-state index in [1.54, 1.807) is 16.8 Å². The van der Waals surface area contributed by atoms with E-state index in [0.717, 1.165) is 23.2 Å². The molecule has 6 nitrogen and oxygen atoms in total. The van der Waals surface area contributed by atoms with Gasteiger partial charge in [-0.2, -0.15) is 0 Å². The van der Waals surface area contributed by atoms with Crippen molar-refractivity contribution in [2.24, 2.45) is 0 Å². The Morgan fingerprint density at radius 3 is 3.00 bits per heavy atom. The third-order valence-corrected chi connectivity index (χ3v) is 4.57. The molecule has 0 saturated heterocycles. The number of nitrogens with zero attached hydrogens (tertiary/aromatic N) is 3. The molecule has 24 heavy (non-hydrogen) atoms. The number of aliphatic hydroxyl groups excluding tert-OH is 1. The maximum atomic E-state index is 12.6. The van der Waals surface area contributed by atoms with Crippen molar-refractivity contribution in [3.63, 3.8) is 0 Å². The van der Waals surface area contributed by atoms with Crippen LogP contribution in [0, 0.1) is 0 Å². The number of benzene rings is 2. The van der Waals surface area contributed by atoms with Gasteiger partial charge in [0.15, 0.2) is 0 Å². The lowest BCUT2D eigenvalue weighted by molar-refractivity contribution is 0.0858. The molecule has 1 aliphatic carbocycles. The molecule has 4 rings (SSSR count). The molecule has 2 atom stereocenters. The maximum Gasteiger partial charge on any atom is 0.251 e. The van der Waals surface area contributed by atoms with Crippen LogP contribution in [0.1, 0.15) is 34.5 Å². The lowest BCUT2D eigenvalue weighted by atomic mass is 10.1. The number of aliphatic hydroxyl groups is 1. The van der Waals surface area contributed by atoms with Crippen molar-refractivity contribution in [2.75, 3.05) is 0 Å². The van der Waals surface area contributed by atoms with Crippen LogP contribution < -0.4 is 5.32 Å². The van der Waals surface area contributed by atoms with E-state index in [2.05, 4.69) is 15.6 Å². The Balaban J connectivity index is 1.60. The van der Waals surface area contributed by atoms with E-state index < -0.39 is 6.10 Å². The average Bonchev–Trinajstić information content (AvgIpc) is 3.15. The number of rotatable bonds is 3. The molecule has 3 aromatic rings. The second-order valence-corrected chi connectivity index (χ2v) is 6.03. The van der Waals surface area contributed by atoms with E-state index in [1.807, 2.05) is 37.3 Å². The van der Waals surface area contributed by atoms with E-state index in [0.29, 0.717) is 17.5 Å². The van der Waals surface area contributed by atoms with Gasteiger partial charge in [-0.15, -0.1) is 5.10 Å². The second-order valence-electron chi connectivity index (χ2n) is 6.03. The topological polar surface area (TPSA) is 80.0 Å². The van der Waals surface area contributed by atoms with Crippen molar-refractivity contribution in [1.29, 1.82) is 0 Å². The minimum atomic E-state index is -0.601. The number of carbonyl (C=O) groups excluding carboxylic acids is 1. The molecule has 0 fully saturated rings. The van der Waals surface area contributed by atoms with E-state index in [1.165, 1.54) is 0 Å². The molecule has 0 saturated carbocycles. The number of aryl methyl sites for hydroxylation is 1. The molecule has 6 heteroatoms. The van der Waals surface area contributed by atoms with Crippen molar-refractivity contribution < 1.29 is 9.90 Å². The summed E-state index contributed by atoms with van der Waals surface area (Å²) in [6, 6.07) is 12.8. The number of nitrogens with one attached hydrogen (secondary N) is 1. The Bertz CT molecular complexity index is 918. The van der Waals surface area contributed by atoms with Crippen LogP contribution in [0.4, 0.5) is 0 Å². The van der Waals surface area contributed by atoms with E-state index in [9.17, 15) is 9.90 Å². The van der Waals surface area contributed by atoms with Crippen LogP contribution >= 0.6 is 0 Å². The maximum absolute atomic E-state index is 12.6. The summed E-state index contributed by atoms with van der Waals surface area (Å²) in [6.45, 7) is 2.72. The molecule has 1 aliphatic rings. The Morgan fingerprint density at radius 2 is 2.17 bits per heavy atom. The average molecular weight is 322 g/mol. The highest BCUT2D eigenvalue weighted by atomic mass is 16.3. The minimum absolute atomic E-state index is 0.219. The van der Waals surface area contributed by atoms with Crippen molar-refractivity contribution in [3.05, 3.63) is 59.2 Å². The monoisotopic (exact) mass is 322 g/mol. The Labute approximate surface area is 139 Å². The van der Waals surface area contributed by atoms with Crippen molar-refractivity contribution in [3.8, 4) is 0 Å². The summed E-state index contributed by atoms with van der Waals surface area (Å²) in [5.74, 6) is -0.219. The predicted molar refractivity (Wildman–Crippen MR) is 89.6 cm³/mol. The number of hydrogen-bond acceptors (Lipinski definition) is 4. The van der Waals surface area contributed by atoms with Crippen LogP contribution in [-0.2, 0) is 13.0 Å². The van der Waals surface area contributed by atoms with Gasteiger partial charge >= 0.3 is 0 Å². The number of aromatic nitrogens is 3. The van der Waals surface area contributed by atoms with Gasteiger partial charge in [-0.05, 0) is 36.2 Å². The summed E-state index contributed by atoms with van der Waals surface area (Å²) < 4.78 is 1.79. The zero-order valence-electron chi connectivity index (χ0n) is 13.3. The van der Waals surface area contributed by atoms with Gasteiger partial charge in [0.1, 0.15) is 5.52 Å². The quantitative estimate of drug-likeness (QED) is 0.771. The highest BCUT2D eigenvalue weighted by Gasteiger charge is 2.32. The Hall–Kier alpha value is -2.73. The van der Waals surface area contributed by atoms with Crippen molar-refractivity contribution >= 4 is 16.9 Å². The van der Waals surface area contributed by atoms with Crippen LogP contribution in [0.5, 0.6) is 0 Å². The predicted octanol–water partition coefficient (Wildman–Crippen LogP) is 1.84. The van der Waals surface area contributed by atoms with Gasteiger partial charge in [0.25, 0.3) is 5.91 Å². The number of amides is 1. The van der Waals surface area contributed by atoms with Gasteiger partial charge in [-0.25, -0.2) is 4.68 Å².